The molecular formula is C11H16N2O2S. The van der Waals surface area contributed by atoms with Gasteiger partial charge in [0, 0.05) is 25.7 Å². The molecule has 0 unspecified atom stereocenters. The van der Waals surface area contributed by atoms with Gasteiger partial charge in [-0.3, -0.25) is 0 Å². The third kappa shape index (κ3) is 2.61. The molecule has 0 bridgehead atoms. The number of rotatable bonds is 2. The summed E-state index contributed by atoms with van der Waals surface area (Å²) in [6.07, 6.45) is 1.26. The normalized spacial score (nSPS) is 23.2. The van der Waals surface area contributed by atoms with Crippen LogP contribution in [0.3, 0.4) is 0 Å². The van der Waals surface area contributed by atoms with Gasteiger partial charge < -0.3 is 5.32 Å². The molecule has 1 aliphatic heterocycles. The molecule has 1 heterocycles. The monoisotopic (exact) mass is 240 g/mol. The number of benzene rings is 1. The molecule has 16 heavy (non-hydrogen) atoms. The van der Waals surface area contributed by atoms with Gasteiger partial charge in [-0.2, -0.15) is 4.31 Å². The van der Waals surface area contributed by atoms with Gasteiger partial charge in [-0.15, -0.1) is 0 Å². The number of piperazine rings is 1. The number of nitrogens with zero attached hydrogens (tertiary/aromatic N) is 1. The van der Waals surface area contributed by atoms with Crippen molar-refractivity contribution in [1.82, 2.24) is 9.62 Å². The van der Waals surface area contributed by atoms with Crippen LogP contribution in [0.25, 0.3) is 0 Å². The lowest BCUT2D eigenvalue weighted by Crippen LogP contribution is -2.47. The highest BCUT2D eigenvalue weighted by molar-refractivity contribution is 7.88. The van der Waals surface area contributed by atoms with Crippen molar-refractivity contribution in [2.45, 2.75) is 6.04 Å². The van der Waals surface area contributed by atoms with Crippen molar-refractivity contribution >= 4 is 10.0 Å². The van der Waals surface area contributed by atoms with Crippen LogP contribution in [0.15, 0.2) is 30.3 Å². The van der Waals surface area contributed by atoms with Gasteiger partial charge >= 0.3 is 0 Å². The molecule has 1 saturated heterocycles. The standard InChI is InChI=1S/C11H16N2O2S/c1-16(14,15)13-8-7-12-11(9-13)10-5-3-2-4-6-10/h2-6,11-12H,7-9H2,1H3/t11-/m0/s1. The highest BCUT2D eigenvalue weighted by Gasteiger charge is 2.25. The molecule has 1 aromatic carbocycles. The molecule has 2 rings (SSSR count). The summed E-state index contributed by atoms with van der Waals surface area (Å²) < 4.78 is 24.5. The Balaban J connectivity index is 2.14. The summed E-state index contributed by atoms with van der Waals surface area (Å²) in [4.78, 5) is 0. The van der Waals surface area contributed by atoms with E-state index in [4.69, 9.17) is 0 Å². The molecule has 1 aromatic rings. The summed E-state index contributed by atoms with van der Waals surface area (Å²) in [5, 5.41) is 3.33. The SMILES string of the molecule is CS(=O)(=O)N1CCN[C@H](c2ccccc2)C1. The molecule has 0 spiro atoms. The Bertz CT molecular complexity index is 444. The van der Waals surface area contributed by atoms with Gasteiger partial charge in [0.2, 0.25) is 10.0 Å². The highest BCUT2D eigenvalue weighted by Crippen LogP contribution is 2.18. The van der Waals surface area contributed by atoms with E-state index < -0.39 is 10.0 Å². The van der Waals surface area contributed by atoms with Crippen LogP contribution in [-0.2, 0) is 10.0 Å². The lowest BCUT2D eigenvalue weighted by molar-refractivity contribution is 0.303. The van der Waals surface area contributed by atoms with Crippen LogP contribution in [-0.4, -0.2) is 38.6 Å². The molecule has 0 aromatic heterocycles. The Labute approximate surface area is 96.3 Å². The van der Waals surface area contributed by atoms with E-state index in [9.17, 15) is 8.42 Å². The van der Waals surface area contributed by atoms with Crippen molar-refractivity contribution < 1.29 is 8.42 Å². The molecule has 1 fully saturated rings. The quantitative estimate of drug-likeness (QED) is 0.823. The Hall–Kier alpha value is -0.910. The topological polar surface area (TPSA) is 49.4 Å². The fourth-order valence-corrected chi connectivity index (χ4v) is 2.78. The largest absolute Gasteiger partial charge is 0.308 e. The minimum absolute atomic E-state index is 0.102. The second kappa shape index (κ2) is 4.53. The molecule has 0 radical (unpaired) electrons. The van der Waals surface area contributed by atoms with Gasteiger partial charge in [-0.25, -0.2) is 8.42 Å². The fourth-order valence-electron chi connectivity index (χ4n) is 1.93. The third-order valence-electron chi connectivity index (χ3n) is 2.81. The molecule has 4 nitrogen and oxygen atoms in total. The minimum atomic E-state index is -3.07. The summed E-state index contributed by atoms with van der Waals surface area (Å²) in [7, 11) is -3.07. The highest BCUT2D eigenvalue weighted by atomic mass is 32.2. The van der Waals surface area contributed by atoms with Crippen LogP contribution in [0.1, 0.15) is 11.6 Å². The van der Waals surface area contributed by atoms with Crippen molar-refractivity contribution in [2.75, 3.05) is 25.9 Å². The summed E-state index contributed by atoms with van der Waals surface area (Å²) >= 11 is 0. The zero-order valence-corrected chi connectivity index (χ0v) is 10.1. The summed E-state index contributed by atoms with van der Waals surface area (Å²) in [6, 6.07) is 10.0. The molecule has 0 amide bonds. The van der Waals surface area contributed by atoms with E-state index in [0.717, 1.165) is 5.56 Å². The zero-order valence-electron chi connectivity index (χ0n) is 9.26. The first-order chi connectivity index (χ1) is 7.57. The van der Waals surface area contributed by atoms with Crippen molar-refractivity contribution in [3.05, 3.63) is 35.9 Å². The number of sulfonamides is 1. The van der Waals surface area contributed by atoms with Crippen molar-refractivity contribution in [3.63, 3.8) is 0 Å². The van der Waals surface area contributed by atoms with Crippen LogP contribution >= 0.6 is 0 Å². The van der Waals surface area contributed by atoms with Crippen LogP contribution in [0, 0.1) is 0 Å². The molecule has 0 aliphatic carbocycles. The number of hydrogen-bond donors (Lipinski definition) is 1. The molecule has 5 heteroatoms. The molecular weight excluding hydrogens is 224 g/mol. The average Bonchev–Trinajstić information content (AvgIpc) is 2.29. The molecule has 1 aliphatic rings. The minimum Gasteiger partial charge on any atom is -0.308 e. The van der Waals surface area contributed by atoms with Crippen molar-refractivity contribution in [3.8, 4) is 0 Å². The number of nitrogens with one attached hydrogen (secondary N) is 1. The van der Waals surface area contributed by atoms with E-state index in [1.807, 2.05) is 30.3 Å². The zero-order chi connectivity index (χ0) is 11.6. The second-order valence-corrected chi connectivity index (χ2v) is 6.02. The first-order valence-corrected chi connectivity index (χ1v) is 7.15. The van der Waals surface area contributed by atoms with E-state index >= 15 is 0 Å². The van der Waals surface area contributed by atoms with Crippen molar-refractivity contribution in [1.29, 1.82) is 0 Å². The lowest BCUT2D eigenvalue weighted by atomic mass is 10.1. The Morgan fingerprint density at radius 3 is 2.62 bits per heavy atom. The van der Waals surface area contributed by atoms with Crippen LogP contribution in [0.4, 0.5) is 0 Å². The van der Waals surface area contributed by atoms with Crippen molar-refractivity contribution in [2.24, 2.45) is 0 Å². The van der Waals surface area contributed by atoms with Gasteiger partial charge in [0.15, 0.2) is 0 Å². The average molecular weight is 240 g/mol. The summed E-state index contributed by atoms with van der Waals surface area (Å²) in [5.74, 6) is 0. The fraction of sp³-hybridized carbons (Fsp3) is 0.455. The Kier molecular flexibility index (Phi) is 3.28. The maximum absolute atomic E-state index is 11.5. The Morgan fingerprint density at radius 1 is 1.31 bits per heavy atom. The molecule has 1 N–H and O–H groups in total. The second-order valence-electron chi connectivity index (χ2n) is 4.04. The summed E-state index contributed by atoms with van der Waals surface area (Å²) in [5.41, 5.74) is 1.14. The smallest absolute Gasteiger partial charge is 0.211 e. The van der Waals surface area contributed by atoms with Gasteiger partial charge in [0.1, 0.15) is 0 Å². The first-order valence-electron chi connectivity index (χ1n) is 5.31. The van der Waals surface area contributed by atoms with E-state index in [1.165, 1.54) is 10.6 Å². The molecule has 0 saturated carbocycles. The molecule has 88 valence electrons. The Morgan fingerprint density at radius 2 is 2.00 bits per heavy atom. The van der Waals surface area contributed by atoms with E-state index in [2.05, 4.69) is 5.32 Å². The third-order valence-corrected chi connectivity index (χ3v) is 4.08. The van der Waals surface area contributed by atoms with E-state index in [-0.39, 0.29) is 6.04 Å². The van der Waals surface area contributed by atoms with Gasteiger partial charge in [0.25, 0.3) is 0 Å². The maximum atomic E-state index is 11.5. The van der Waals surface area contributed by atoms with Gasteiger partial charge in [0.05, 0.1) is 6.26 Å². The predicted octanol–water partition coefficient (Wildman–Crippen LogP) is 0.592. The van der Waals surface area contributed by atoms with E-state index in [0.29, 0.717) is 19.6 Å². The predicted molar refractivity (Wildman–Crippen MR) is 63.6 cm³/mol. The molecule has 1 atom stereocenters. The van der Waals surface area contributed by atoms with Crippen LogP contribution in [0.2, 0.25) is 0 Å². The van der Waals surface area contributed by atoms with Crippen LogP contribution < -0.4 is 5.32 Å². The first kappa shape index (κ1) is 11.6. The van der Waals surface area contributed by atoms with E-state index in [1.54, 1.807) is 0 Å². The van der Waals surface area contributed by atoms with Gasteiger partial charge in [-0.05, 0) is 5.56 Å². The van der Waals surface area contributed by atoms with Crippen LogP contribution in [0.5, 0.6) is 0 Å². The summed E-state index contributed by atoms with van der Waals surface area (Å²) in [6.45, 7) is 1.78. The van der Waals surface area contributed by atoms with Gasteiger partial charge in [-0.1, -0.05) is 30.3 Å². The lowest BCUT2D eigenvalue weighted by Gasteiger charge is -2.32. The maximum Gasteiger partial charge on any atom is 0.211 e. The number of hydrogen-bond acceptors (Lipinski definition) is 3.